The number of anilines is 5. The van der Waals surface area contributed by atoms with Crippen LogP contribution in [0.2, 0.25) is 0 Å². The molecule has 0 atom stereocenters. The van der Waals surface area contributed by atoms with E-state index in [-0.39, 0.29) is 39.3 Å². The standard InChI is InChI=1S/C65H75BN2O/c1-15-16-19-40-31-45-43-34-49-51(65(13,14)29-27-63(49,9)10)37-54(43)68(41-22-23-46-48(33-41)62(7,8)25-24-60(46,3)4)66-52-35-44-42-20-17-18-21-57(42)69-58(44)38-55(52)67(56(32-40)59(45)66)53-36-50-47(30-39(53)2)61(5,6)26-28-64(50,11)12/h17-18,20-23,30-38H,15-16,19,24-29H2,1-14H3. The molecule has 0 spiro atoms. The Bertz CT molecular complexity index is 3320. The Hall–Kier alpha value is -5.22. The van der Waals surface area contributed by atoms with Crippen molar-refractivity contribution in [3.05, 3.63) is 136 Å². The fraction of sp³-hybridized carbons (Fsp3) is 0.446. The highest BCUT2D eigenvalue weighted by Crippen LogP contribution is 2.56. The fourth-order valence-electron chi connectivity index (χ4n) is 14.0. The number of hydrogen-bond donors (Lipinski definition) is 0. The van der Waals surface area contributed by atoms with Gasteiger partial charge in [0.05, 0.1) is 0 Å². The second-order valence-corrected chi connectivity index (χ2v) is 26.4. The third-order valence-corrected chi connectivity index (χ3v) is 18.9. The van der Waals surface area contributed by atoms with Crippen molar-refractivity contribution < 1.29 is 4.42 Å². The monoisotopic (exact) mass is 911 g/mol. The summed E-state index contributed by atoms with van der Waals surface area (Å²) < 4.78 is 6.89. The van der Waals surface area contributed by atoms with Gasteiger partial charge < -0.3 is 14.1 Å². The van der Waals surface area contributed by atoms with Crippen LogP contribution < -0.4 is 20.6 Å². The minimum Gasteiger partial charge on any atom is -0.456 e. The van der Waals surface area contributed by atoms with Crippen LogP contribution in [0.5, 0.6) is 0 Å². The first-order valence-electron chi connectivity index (χ1n) is 26.7. The van der Waals surface area contributed by atoms with Gasteiger partial charge in [0, 0.05) is 50.8 Å². The summed E-state index contributed by atoms with van der Waals surface area (Å²) in [6.07, 6.45) is 10.5. The number of aryl methyl sites for hydroxylation is 2. The van der Waals surface area contributed by atoms with E-state index in [9.17, 15) is 0 Å². The zero-order chi connectivity index (χ0) is 48.5. The molecule has 4 heteroatoms. The lowest BCUT2D eigenvalue weighted by molar-refractivity contribution is 0.332. The van der Waals surface area contributed by atoms with Crippen LogP contribution in [0.15, 0.2) is 95.4 Å². The molecule has 6 aromatic carbocycles. The first-order chi connectivity index (χ1) is 32.5. The van der Waals surface area contributed by atoms with Crippen molar-refractivity contribution >= 4 is 68.1 Å². The SMILES string of the molecule is CCCCc1cc2c3c(c1)N(c1cc4c(cc1C)C(C)(C)CCC4(C)C)c1cc4oc5ccccc5c4cc1B3N(c1ccc3c(c1)C(C)(C)CCC3(C)C)c1cc3c(cc1-2)C(C)(C)CCC3(C)C. The lowest BCUT2D eigenvalue weighted by atomic mass is 9.43. The number of unbranched alkanes of at least 4 members (excludes halogenated alkanes) is 1. The topological polar surface area (TPSA) is 19.6 Å². The van der Waals surface area contributed by atoms with Gasteiger partial charge in [0.15, 0.2) is 0 Å². The maximum atomic E-state index is 6.89. The van der Waals surface area contributed by atoms with Gasteiger partial charge in [-0.3, -0.25) is 0 Å². The fourth-order valence-corrected chi connectivity index (χ4v) is 14.0. The third-order valence-electron chi connectivity index (χ3n) is 18.9. The van der Waals surface area contributed by atoms with Crippen LogP contribution in [0.1, 0.15) is 186 Å². The van der Waals surface area contributed by atoms with E-state index in [1.807, 2.05) is 0 Å². The maximum absolute atomic E-state index is 6.89. The Balaban J connectivity index is 1.24. The van der Waals surface area contributed by atoms with Crippen molar-refractivity contribution in [1.82, 2.24) is 0 Å². The summed E-state index contributed by atoms with van der Waals surface area (Å²) in [5.41, 5.74) is 26.1. The van der Waals surface area contributed by atoms with Crippen molar-refractivity contribution in [2.45, 2.75) is 187 Å². The second kappa shape index (κ2) is 14.7. The predicted molar refractivity (Wildman–Crippen MR) is 297 cm³/mol. The van der Waals surface area contributed by atoms with Crippen LogP contribution in [0.4, 0.5) is 28.4 Å². The zero-order valence-corrected chi connectivity index (χ0v) is 44.4. The predicted octanol–water partition coefficient (Wildman–Crippen LogP) is 17.0. The Morgan fingerprint density at radius 1 is 0.493 bits per heavy atom. The molecule has 2 aliphatic heterocycles. The average molecular weight is 911 g/mol. The molecule has 3 nitrogen and oxygen atoms in total. The number of benzene rings is 6. The Morgan fingerprint density at radius 2 is 1.06 bits per heavy atom. The van der Waals surface area contributed by atoms with E-state index in [0.717, 1.165) is 30.4 Å². The molecule has 3 aliphatic carbocycles. The zero-order valence-electron chi connectivity index (χ0n) is 44.4. The van der Waals surface area contributed by atoms with Crippen LogP contribution in [0.3, 0.4) is 0 Å². The van der Waals surface area contributed by atoms with Crippen LogP contribution >= 0.6 is 0 Å². The molecule has 5 aliphatic rings. The highest BCUT2D eigenvalue weighted by atomic mass is 16.3. The molecule has 12 rings (SSSR count). The summed E-state index contributed by atoms with van der Waals surface area (Å²) in [5, 5.41) is 2.36. The highest BCUT2D eigenvalue weighted by molar-refractivity contribution is 6.93. The first kappa shape index (κ1) is 45.0. The van der Waals surface area contributed by atoms with Gasteiger partial charge in [0.2, 0.25) is 0 Å². The van der Waals surface area contributed by atoms with Gasteiger partial charge in [-0.05, 0) is 194 Å². The molecule has 0 radical (unpaired) electrons. The molecule has 7 aromatic rings. The van der Waals surface area contributed by atoms with Crippen LogP contribution in [0.25, 0.3) is 33.1 Å². The van der Waals surface area contributed by atoms with Crippen LogP contribution in [-0.4, -0.2) is 6.85 Å². The van der Waals surface area contributed by atoms with E-state index < -0.39 is 0 Å². The first-order valence-corrected chi connectivity index (χ1v) is 26.7. The van der Waals surface area contributed by atoms with Crippen molar-refractivity contribution in [3.63, 3.8) is 0 Å². The van der Waals surface area contributed by atoms with Crippen molar-refractivity contribution in [2.24, 2.45) is 0 Å². The Labute approximate surface area is 414 Å². The molecule has 0 bridgehead atoms. The minimum absolute atomic E-state index is 0.0529. The van der Waals surface area contributed by atoms with Crippen molar-refractivity contribution in [2.75, 3.05) is 9.71 Å². The molecule has 0 N–H and O–H groups in total. The summed E-state index contributed by atoms with van der Waals surface area (Å²) in [5.74, 6) is 0. The van der Waals surface area contributed by atoms with Gasteiger partial charge in [-0.15, -0.1) is 0 Å². The molecule has 0 unspecified atom stereocenters. The lowest BCUT2D eigenvalue weighted by Crippen LogP contribution is -2.62. The quantitative estimate of drug-likeness (QED) is 0.160. The lowest BCUT2D eigenvalue weighted by Gasteiger charge is -2.49. The summed E-state index contributed by atoms with van der Waals surface area (Å²) in [7, 11) is 0. The Morgan fingerprint density at radius 3 is 1.70 bits per heavy atom. The van der Waals surface area contributed by atoms with Gasteiger partial charge >= 0.3 is 6.85 Å². The van der Waals surface area contributed by atoms with E-state index in [4.69, 9.17) is 4.42 Å². The molecular formula is C65H75BN2O. The molecule has 0 amide bonds. The smallest absolute Gasteiger partial charge is 0.333 e. The van der Waals surface area contributed by atoms with E-state index in [1.54, 1.807) is 0 Å². The average Bonchev–Trinajstić information content (AvgIpc) is 3.67. The molecule has 69 heavy (non-hydrogen) atoms. The molecule has 1 aromatic heterocycles. The second-order valence-electron chi connectivity index (χ2n) is 26.4. The molecule has 0 fully saturated rings. The van der Waals surface area contributed by atoms with E-state index >= 15 is 0 Å². The molecule has 354 valence electrons. The highest BCUT2D eigenvalue weighted by Gasteiger charge is 2.49. The van der Waals surface area contributed by atoms with Crippen molar-refractivity contribution in [3.8, 4) is 11.1 Å². The van der Waals surface area contributed by atoms with Gasteiger partial charge in [-0.2, -0.15) is 0 Å². The summed E-state index contributed by atoms with van der Waals surface area (Å²) in [6.45, 7) is 34.4. The molecule has 0 saturated carbocycles. The van der Waals surface area contributed by atoms with Crippen LogP contribution in [-0.2, 0) is 38.9 Å². The van der Waals surface area contributed by atoms with Gasteiger partial charge in [-0.25, -0.2) is 0 Å². The summed E-state index contributed by atoms with van der Waals surface area (Å²) in [6, 6.07) is 37.1. The van der Waals surface area contributed by atoms with E-state index in [2.05, 4.69) is 198 Å². The van der Waals surface area contributed by atoms with Gasteiger partial charge in [0.1, 0.15) is 11.2 Å². The van der Waals surface area contributed by atoms with Gasteiger partial charge in [-0.1, -0.05) is 139 Å². The largest absolute Gasteiger partial charge is 0.456 e. The molecular weight excluding hydrogens is 836 g/mol. The molecule has 3 heterocycles. The number of fused-ring (bicyclic) bond motifs is 10. The van der Waals surface area contributed by atoms with Gasteiger partial charge in [0.25, 0.3) is 0 Å². The minimum atomic E-state index is -0.0872. The number of nitrogens with zero attached hydrogens (tertiary/aromatic N) is 2. The third kappa shape index (κ3) is 6.58. The molecule has 0 saturated heterocycles. The summed E-state index contributed by atoms with van der Waals surface area (Å²) >= 11 is 0. The number of para-hydroxylation sites is 1. The Kier molecular flexibility index (Phi) is 9.56. The van der Waals surface area contributed by atoms with Crippen molar-refractivity contribution in [1.29, 1.82) is 0 Å². The maximum Gasteiger partial charge on any atom is 0.333 e. The van der Waals surface area contributed by atoms with E-state index in [0.29, 0.717) is 0 Å². The number of hydrogen-bond acceptors (Lipinski definition) is 3. The summed E-state index contributed by atoms with van der Waals surface area (Å²) in [4.78, 5) is 5.52. The number of rotatable bonds is 5. The number of furan rings is 1. The van der Waals surface area contributed by atoms with E-state index in [1.165, 1.54) is 144 Å². The normalized spacial score (nSPS) is 20.5. The van der Waals surface area contributed by atoms with Crippen LogP contribution in [0, 0.1) is 6.92 Å².